The highest BCUT2D eigenvalue weighted by Gasteiger charge is 2.13. The summed E-state index contributed by atoms with van der Waals surface area (Å²) >= 11 is 0. The van der Waals surface area contributed by atoms with Crippen molar-refractivity contribution in [1.29, 1.82) is 0 Å². The summed E-state index contributed by atoms with van der Waals surface area (Å²) in [5.74, 6) is 0. The van der Waals surface area contributed by atoms with Gasteiger partial charge in [0.15, 0.2) is 0 Å². The molecule has 1 fully saturated rings. The van der Waals surface area contributed by atoms with Crippen LogP contribution < -0.4 is 10.6 Å². The van der Waals surface area contributed by atoms with E-state index in [1.165, 1.54) is 30.8 Å². The SMILES string of the molecule is CC(N)c1ccc(N2CCC2)cc1. The summed E-state index contributed by atoms with van der Waals surface area (Å²) in [5, 5.41) is 0. The molecule has 1 saturated heterocycles. The number of hydrogen-bond acceptors (Lipinski definition) is 2. The van der Waals surface area contributed by atoms with Gasteiger partial charge in [0.2, 0.25) is 0 Å². The van der Waals surface area contributed by atoms with Crippen molar-refractivity contribution in [3.63, 3.8) is 0 Å². The Morgan fingerprint density at radius 1 is 1.23 bits per heavy atom. The van der Waals surface area contributed by atoms with E-state index in [4.69, 9.17) is 5.73 Å². The third kappa shape index (κ3) is 1.68. The van der Waals surface area contributed by atoms with Crippen LogP contribution in [0.25, 0.3) is 0 Å². The van der Waals surface area contributed by atoms with E-state index >= 15 is 0 Å². The van der Waals surface area contributed by atoms with Crippen LogP contribution in [0.3, 0.4) is 0 Å². The van der Waals surface area contributed by atoms with E-state index in [0.717, 1.165) is 0 Å². The predicted molar refractivity (Wildman–Crippen MR) is 55.9 cm³/mol. The molecular formula is C11H16N2. The molecule has 2 nitrogen and oxygen atoms in total. The number of benzene rings is 1. The zero-order valence-electron chi connectivity index (χ0n) is 8.03. The molecule has 2 N–H and O–H groups in total. The lowest BCUT2D eigenvalue weighted by Crippen LogP contribution is -2.36. The highest BCUT2D eigenvalue weighted by Crippen LogP contribution is 2.22. The lowest BCUT2D eigenvalue weighted by atomic mass is 10.1. The lowest BCUT2D eigenvalue weighted by Gasteiger charge is -2.33. The molecule has 0 saturated carbocycles. The number of rotatable bonds is 2. The normalized spacial score (nSPS) is 18.2. The molecule has 13 heavy (non-hydrogen) atoms. The summed E-state index contributed by atoms with van der Waals surface area (Å²) in [6, 6.07) is 8.72. The third-order valence-corrected chi connectivity index (χ3v) is 2.64. The van der Waals surface area contributed by atoms with Crippen molar-refractivity contribution in [2.45, 2.75) is 19.4 Å². The van der Waals surface area contributed by atoms with Gasteiger partial charge < -0.3 is 10.6 Å². The van der Waals surface area contributed by atoms with Crippen LogP contribution in [0.4, 0.5) is 5.69 Å². The van der Waals surface area contributed by atoms with E-state index < -0.39 is 0 Å². The van der Waals surface area contributed by atoms with Crippen molar-refractivity contribution in [2.24, 2.45) is 5.73 Å². The molecule has 0 aliphatic carbocycles. The minimum atomic E-state index is 0.144. The zero-order valence-corrected chi connectivity index (χ0v) is 8.03. The molecule has 0 bridgehead atoms. The van der Waals surface area contributed by atoms with Gasteiger partial charge in [-0.2, -0.15) is 0 Å². The fourth-order valence-corrected chi connectivity index (χ4v) is 1.56. The first kappa shape index (κ1) is 8.57. The van der Waals surface area contributed by atoms with Crippen LogP contribution >= 0.6 is 0 Å². The summed E-state index contributed by atoms with van der Waals surface area (Å²) in [6.45, 7) is 4.42. The van der Waals surface area contributed by atoms with E-state index in [2.05, 4.69) is 29.2 Å². The average molecular weight is 176 g/mol. The largest absolute Gasteiger partial charge is 0.371 e. The van der Waals surface area contributed by atoms with Crippen LogP contribution in [0, 0.1) is 0 Å². The first-order chi connectivity index (χ1) is 6.27. The van der Waals surface area contributed by atoms with Gasteiger partial charge in [-0.05, 0) is 31.0 Å². The van der Waals surface area contributed by atoms with Crippen LogP contribution in [-0.2, 0) is 0 Å². The lowest BCUT2D eigenvalue weighted by molar-refractivity contribution is 0.617. The molecule has 1 aliphatic heterocycles. The zero-order chi connectivity index (χ0) is 9.26. The molecule has 70 valence electrons. The van der Waals surface area contributed by atoms with Gasteiger partial charge in [-0.25, -0.2) is 0 Å². The fourth-order valence-electron chi connectivity index (χ4n) is 1.56. The average Bonchev–Trinajstić information content (AvgIpc) is 2.02. The van der Waals surface area contributed by atoms with Crippen molar-refractivity contribution in [3.05, 3.63) is 29.8 Å². The Balaban J connectivity index is 2.13. The minimum absolute atomic E-state index is 0.144. The number of nitrogens with two attached hydrogens (primary N) is 1. The number of anilines is 1. The molecule has 0 amide bonds. The fraction of sp³-hybridized carbons (Fsp3) is 0.455. The summed E-state index contributed by atoms with van der Waals surface area (Å²) in [6.07, 6.45) is 1.33. The quantitative estimate of drug-likeness (QED) is 0.746. The molecular weight excluding hydrogens is 160 g/mol. The molecule has 1 aromatic rings. The van der Waals surface area contributed by atoms with Crippen LogP contribution in [-0.4, -0.2) is 13.1 Å². The number of hydrogen-bond donors (Lipinski definition) is 1. The Hall–Kier alpha value is -1.02. The first-order valence-corrected chi connectivity index (χ1v) is 4.88. The maximum absolute atomic E-state index is 5.77. The first-order valence-electron chi connectivity index (χ1n) is 4.88. The highest BCUT2D eigenvalue weighted by atomic mass is 15.2. The molecule has 0 radical (unpaired) electrons. The van der Waals surface area contributed by atoms with E-state index in [1.807, 2.05) is 6.92 Å². The number of nitrogens with zero attached hydrogens (tertiary/aromatic N) is 1. The van der Waals surface area contributed by atoms with E-state index in [9.17, 15) is 0 Å². The molecule has 1 aromatic carbocycles. The van der Waals surface area contributed by atoms with E-state index in [0.29, 0.717) is 0 Å². The van der Waals surface area contributed by atoms with Gasteiger partial charge in [0, 0.05) is 24.8 Å². The van der Waals surface area contributed by atoms with Crippen LogP contribution in [0.2, 0.25) is 0 Å². The summed E-state index contributed by atoms with van der Waals surface area (Å²) in [7, 11) is 0. The summed E-state index contributed by atoms with van der Waals surface area (Å²) < 4.78 is 0. The standard InChI is InChI=1S/C11H16N2/c1-9(12)10-3-5-11(6-4-10)13-7-2-8-13/h3-6,9H,2,7-8,12H2,1H3. The van der Waals surface area contributed by atoms with Crippen molar-refractivity contribution < 1.29 is 0 Å². The Morgan fingerprint density at radius 2 is 1.85 bits per heavy atom. The van der Waals surface area contributed by atoms with Gasteiger partial charge in [0.1, 0.15) is 0 Å². The summed E-state index contributed by atoms with van der Waals surface area (Å²) in [4.78, 5) is 2.38. The second kappa shape index (κ2) is 3.38. The molecule has 1 aliphatic rings. The van der Waals surface area contributed by atoms with Crippen molar-refractivity contribution in [2.75, 3.05) is 18.0 Å². The van der Waals surface area contributed by atoms with Gasteiger partial charge in [-0.15, -0.1) is 0 Å². The molecule has 1 atom stereocenters. The third-order valence-electron chi connectivity index (χ3n) is 2.64. The molecule has 0 aromatic heterocycles. The van der Waals surface area contributed by atoms with E-state index in [1.54, 1.807) is 0 Å². The Labute approximate surface area is 79.4 Å². The monoisotopic (exact) mass is 176 g/mol. The van der Waals surface area contributed by atoms with E-state index in [-0.39, 0.29) is 6.04 Å². The van der Waals surface area contributed by atoms with Crippen LogP contribution in [0.5, 0.6) is 0 Å². The highest BCUT2D eigenvalue weighted by molar-refractivity contribution is 5.49. The van der Waals surface area contributed by atoms with Crippen LogP contribution in [0.15, 0.2) is 24.3 Å². The molecule has 2 rings (SSSR count). The molecule has 1 unspecified atom stereocenters. The van der Waals surface area contributed by atoms with Crippen molar-refractivity contribution in [1.82, 2.24) is 0 Å². The predicted octanol–water partition coefficient (Wildman–Crippen LogP) is 1.92. The Kier molecular flexibility index (Phi) is 2.23. The van der Waals surface area contributed by atoms with Crippen molar-refractivity contribution in [3.8, 4) is 0 Å². The topological polar surface area (TPSA) is 29.3 Å². The summed E-state index contributed by atoms with van der Waals surface area (Å²) in [5.41, 5.74) is 8.31. The second-order valence-electron chi connectivity index (χ2n) is 3.72. The Bertz CT molecular complexity index is 273. The maximum atomic E-state index is 5.77. The molecule has 2 heteroatoms. The smallest absolute Gasteiger partial charge is 0.0366 e. The van der Waals surface area contributed by atoms with Gasteiger partial charge in [-0.1, -0.05) is 12.1 Å². The minimum Gasteiger partial charge on any atom is -0.371 e. The van der Waals surface area contributed by atoms with Gasteiger partial charge in [0.05, 0.1) is 0 Å². The molecule has 0 spiro atoms. The van der Waals surface area contributed by atoms with Gasteiger partial charge >= 0.3 is 0 Å². The van der Waals surface area contributed by atoms with Crippen LogP contribution in [0.1, 0.15) is 24.9 Å². The van der Waals surface area contributed by atoms with Crippen molar-refractivity contribution >= 4 is 5.69 Å². The molecule has 1 heterocycles. The van der Waals surface area contributed by atoms with Gasteiger partial charge in [0.25, 0.3) is 0 Å². The maximum Gasteiger partial charge on any atom is 0.0366 e. The second-order valence-corrected chi connectivity index (χ2v) is 3.72. The Morgan fingerprint density at radius 3 is 2.23 bits per heavy atom. The van der Waals surface area contributed by atoms with Gasteiger partial charge in [-0.3, -0.25) is 0 Å².